The number of carboxylic acids is 1. The van der Waals surface area contributed by atoms with Crippen molar-refractivity contribution in [2.75, 3.05) is 31.4 Å². The number of halogens is 1. The number of alkyl halides is 1. The molecule has 1 unspecified atom stereocenters. The summed E-state index contributed by atoms with van der Waals surface area (Å²) in [4.78, 5) is 13.4. The van der Waals surface area contributed by atoms with Crippen molar-refractivity contribution in [2.24, 2.45) is 0 Å². The molecule has 1 aliphatic rings. The molecule has 0 radical (unpaired) electrons. The second-order valence-electron chi connectivity index (χ2n) is 7.18. The molecule has 0 fully saturated rings. The zero-order valence-corrected chi connectivity index (χ0v) is 19.4. The summed E-state index contributed by atoms with van der Waals surface area (Å²) in [6, 6.07) is 12.1. The van der Waals surface area contributed by atoms with Crippen LogP contribution in [0.25, 0.3) is 0 Å². The van der Waals surface area contributed by atoms with Gasteiger partial charge in [0, 0.05) is 31.4 Å². The Labute approximate surface area is 191 Å². The quantitative estimate of drug-likeness (QED) is 0.343. The molecule has 0 aliphatic carbocycles. The first-order valence-electron chi connectivity index (χ1n) is 9.94. The van der Waals surface area contributed by atoms with Gasteiger partial charge in [0.25, 0.3) is 0 Å². The molecule has 7 nitrogen and oxygen atoms in total. The van der Waals surface area contributed by atoms with Gasteiger partial charge in [-0.15, -0.1) is 11.8 Å². The van der Waals surface area contributed by atoms with E-state index in [0.29, 0.717) is 23.5 Å². The number of hydrogen-bond donors (Lipinski definition) is 1. The monoisotopic (exact) mass is 480 g/mol. The summed E-state index contributed by atoms with van der Waals surface area (Å²) in [5.74, 6) is -0.940. The number of sulfonamides is 1. The maximum atomic E-state index is 13.5. The number of carboxylic acid groups (broad SMARTS) is 1. The highest BCUT2D eigenvalue weighted by atomic mass is 32.2. The van der Waals surface area contributed by atoms with Crippen LogP contribution in [0.2, 0.25) is 0 Å². The Morgan fingerprint density at radius 3 is 2.66 bits per heavy atom. The molecule has 10 heteroatoms. The number of para-hydroxylation sites is 1. The molecule has 2 aromatic rings. The van der Waals surface area contributed by atoms with Crippen molar-refractivity contribution in [3.8, 4) is 5.75 Å². The van der Waals surface area contributed by atoms with E-state index in [1.54, 1.807) is 6.07 Å². The number of hydrogen-bond acceptors (Lipinski definition) is 6. The van der Waals surface area contributed by atoms with Crippen molar-refractivity contribution in [3.63, 3.8) is 0 Å². The third kappa shape index (κ3) is 5.08. The Kier molecular flexibility index (Phi) is 7.81. The maximum absolute atomic E-state index is 13.5. The lowest BCUT2D eigenvalue weighted by Crippen LogP contribution is -2.40. The van der Waals surface area contributed by atoms with Crippen LogP contribution < -0.4 is 9.64 Å². The van der Waals surface area contributed by atoms with Crippen LogP contribution in [0.3, 0.4) is 0 Å². The van der Waals surface area contributed by atoms with E-state index in [2.05, 4.69) is 0 Å². The number of thioether (sulfide) groups is 1. The Bertz CT molecular complexity index is 1090. The molecule has 0 spiro atoms. The van der Waals surface area contributed by atoms with E-state index >= 15 is 0 Å². The molecule has 32 heavy (non-hydrogen) atoms. The third-order valence-electron chi connectivity index (χ3n) is 5.25. The largest absolute Gasteiger partial charge is 0.478 e. The van der Waals surface area contributed by atoms with Crippen LogP contribution in [-0.4, -0.2) is 56.4 Å². The van der Waals surface area contributed by atoms with Gasteiger partial charge in [0.05, 0.1) is 29.6 Å². The summed E-state index contributed by atoms with van der Waals surface area (Å²) in [5.41, 5.74) is 1.31. The maximum Gasteiger partial charge on any atom is 0.331 e. The van der Waals surface area contributed by atoms with E-state index in [1.807, 2.05) is 41.5 Å². The smallest absolute Gasteiger partial charge is 0.331 e. The van der Waals surface area contributed by atoms with Crippen LogP contribution in [-0.2, 0) is 14.8 Å². The number of fused-ring (bicyclic) bond motifs is 1. The van der Waals surface area contributed by atoms with Crippen LogP contribution in [0.1, 0.15) is 12.8 Å². The van der Waals surface area contributed by atoms with Crippen LogP contribution in [0, 0.1) is 0 Å². The van der Waals surface area contributed by atoms with Gasteiger partial charge in [0.1, 0.15) is 10.6 Å². The number of carbonyl (C=O) groups is 1. The molecule has 0 amide bonds. The first-order chi connectivity index (χ1) is 15.3. The minimum Gasteiger partial charge on any atom is -0.478 e. The van der Waals surface area contributed by atoms with Gasteiger partial charge in [-0.3, -0.25) is 4.39 Å². The summed E-state index contributed by atoms with van der Waals surface area (Å²) in [5, 5.41) is 8.82. The minimum absolute atomic E-state index is 0.0446. The van der Waals surface area contributed by atoms with Gasteiger partial charge in [-0.1, -0.05) is 18.2 Å². The van der Waals surface area contributed by atoms with E-state index in [4.69, 9.17) is 9.84 Å². The van der Waals surface area contributed by atoms with E-state index in [9.17, 15) is 17.6 Å². The van der Waals surface area contributed by atoms with Gasteiger partial charge in [-0.2, -0.15) is 4.31 Å². The molecule has 1 heterocycles. The molecular weight excluding hydrogens is 455 g/mol. The lowest BCUT2D eigenvalue weighted by atomic mass is 10.1. The molecule has 1 N–H and O–H groups in total. The Morgan fingerprint density at radius 2 is 2.03 bits per heavy atom. The van der Waals surface area contributed by atoms with Crippen LogP contribution in [0.15, 0.2) is 64.6 Å². The lowest BCUT2D eigenvalue weighted by Gasteiger charge is -2.29. The molecule has 1 aliphatic heterocycles. The minimum atomic E-state index is -3.93. The average Bonchev–Trinajstić information content (AvgIpc) is 2.86. The van der Waals surface area contributed by atoms with Crippen LogP contribution >= 0.6 is 11.8 Å². The van der Waals surface area contributed by atoms with Crippen molar-refractivity contribution < 1.29 is 27.4 Å². The van der Waals surface area contributed by atoms with Crippen LogP contribution in [0.5, 0.6) is 5.75 Å². The number of aliphatic carboxylic acids is 1. The van der Waals surface area contributed by atoms with Crippen molar-refractivity contribution in [1.82, 2.24) is 4.31 Å². The van der Waals surface area contributed by atoms with Gasteiger partial charge < -0.3 is 14.7 Å². The lowest BCUT2D eigenvalue weighted by molar-refractivity contribution is -0.131. The molecule has 1 atom stereocenters. The molecule has 172 valence electrons. The summed E-state index contributed by atoms with van der Waals surface area (Å²) in [6.45, 7) is -0.160. The molecular formula is C22H25FN2O5S2. The number of rotatable bonds is 8. The summed E-state index contributed by atoms with van der Waals surface area (Å²) in [7, 11) is -2.42. The molecule has 0 bridgehead atoms. The number of ether oxygens (including phenoxy) is 1. The standard InChI is InChI=1S/C22H25FN2O5S2/c1-24-17(9-6-11-23)15-25(16-7-4-3-5-8-16)18-13-20(31-2)19(30-12-10-22(26)27)14-21(18)32(24,28)29/h3-5,7-8,10,12-14,17H,6,9,11,15H2,1-2H3,(H,26,27)/b12-10+. The van der Waals surface area contributed by atoms with Gasteiger partial charge in [-0.05, 0) is 37.3 Å². The fraction of sp³-hybridized carbons (Fsp3) is 0.318. The van der Waals surface area contributed by atoms with Crippen LogP contribution in [0.4, 0.5) is 15.8 Å². The Balaban J connectivity index is 2.20. The van der Waals surface area contributed by atoms with Gasteiger partial charge >= 0.3 is 5.97 Å². The number of benzene rings is 2. The van der Waals surface area contributed by atoms with Gasteiger partial charge in [-0.25, -0.2) is 13.2 Å². The fourth-order valence-corrected chi connectivity index (χ4v) is 5.68. The van der Waals surface area contributed by atoms with E-state index in [-0.39, 0.29) is 17.1 Å². The molecule has 0 saturated carbocycles. The normalized spacial score (nSPS) is 18.3. The van der Waals surface area contributed by atoms with E-state index in [1.165, 1.54) is 29.2 Å². The second kappa shape index (κ2) is 10.4. The third-order valence-corrected chi connectivity index (χ3v) is 7.94. The molecule has 2 aromatic carbocycles. The number of anilines is 2. The summed E-state index contributed by atoms with van der Waals surface area (Å²) in [6.07, 6.45) is 4.30. The van der Waals surface area contributed by atoms with Crippen molar-refractivity contribution in [1.29, 1.82) is 0 Å². The summed E-state index contributed by atoms with van der Waals surface area (Å²) >= 11 is 1.36. The topological polar surface area (TPSA) is 87.1 Å². The van der Waals surface area contributed by atoms with Crippen molar-refractivity contribution >= 4 is 39.1 Å². The Morgan fingerprint density at radius 1 is 1.31 bits per heavy atom. The highest BCUT2D eigenvalue weighted by Gasteiger charge is 2.37. The number of likely N-dealkylation sites (N-methyl/N-ethyl adjacent to an activating group) is 1. The SMILES string of the molecule is CSc1cc2c(cc1O/C=C/C(=O)O)S(=O)(=O)N(C)C(CCCF)CN2c1ccccc1. The highest BCUT2D eigenvalue weighted by Crippen LogP contribution is 2.43. The van der Waals surface area contributed by atoms with E-state index < -0.39 is 28.7 Å². The number of nitrogens with zero attached hydrogens (tertiary/aromatic N) is 2. The molecule has 0 saturated heterocycles. The van der Waals surface area contributed by atoms with Crippen molar-refractivity contribution in [2.45, 2.75) is 28.7 Å². The fourth-order valence-electron chi connectivity index (χ4n) is 3.58. The van der Waals surface area contributed by atoms with Gasteiger partial charge in [0.15, 0.2) is 0 Å². The predicted molar refractivity (Wildman–Crippen MR) is 123 cm³/mol. The van der Waals surface area contributed by atoms with Gasteiger partial charge in [0.2, 0.25) is 10.0 Å². The molecule has 3 rings (SSSR count). The second-order valence-corrected chi connectivity index (χ2v) is 10.00. The molecule has 0 aromatic heterocycles. The Hall–Kier alpha value is -2.56. The average molecular weight is 481 g/mol. The van der Waals surface area contributed by atoms with E-state index in [0.717, 1.165) is 18.0 Å². The van der Waals surface area contributed by atoms with Crippen molar-refractivity contribution in [3.05, 3.63) is 54.8 Å². The first-order valence-corrected chi connectivity index (χ1v) is 12.6. The predicted octanol–water partition coefficient (Wildman–Crippen LogP) is 4.28. The highest BCUT2D eigenvalue weighted by molar-refractivity contribution is 7.98. The first kappa shape index (κ1) is 24.1. The zero-order valence-electron chi connectivity index (χ0n) is 17.8. The zero-order chi connectivity index (χ0) is 23.3. The summed E-state index contributed by atoms with van der Waals surface area (Å²) < 4.78 is 46.8.